The zero-order chi connectivity index (χ0) is 17.4. The van der Waals surface area contributed by atoms with Crippen molar-refractivity contribution >= 4 is 17.4 Å². The van der Waals surface area contributed by atoms with Crippen molar-refractivity contribution in [1.82, 2.24) is 4.90 Å². The Morgan fingerprint density at radius 3 is 2.54 bits per heavy atom. The summed E-state index contributed by atoms with van der Waals surface area (Å²) in [7, 11) is 1.89. The molecule has 0 fully saturated rings. The first-order valence-corrected chi connectivity index (χ1v) is 7.77. The van der Waals surface area contributed by atoms with E-state index in [4.69, 9.17) is 0 Å². The van der Waals surface area contributed by atoms with Crippen LogP contribution in [0, 0.1) is 19.7 Å². The second kappa shape index (κ2) is 6.17. The highest BCUT2D eigenvalue weighted by molar-refractivity contribution is 6.52. The van der Waals surface area contributed by atoms with Gasteiger partial charge in [-0.3, -0.25) is 19.4 Å². The predicted molar refractivity (Wildman–Crippen MR) is 90.5 cm³/mol. The van der Waals surface area contributed by atoms with E-state index in [-0.39, 0.29) is 12.2 Å². The fourth-order valence-corrected chi connectivity index (χ4v) is 3.02. The van der Waals surface area contributed by atoms with Gasteiger partial charge in [-0.15, -0.1) is 0 Å². The fourth-order valence-electron chi connectivity index (χ4n) is 3.02. The minimum Gasteiger partial charge on any atom is -0.291 e. The maximum absolute atomic E-state index is 13.3. The topological polar surface area (TPSA) is 40.6 Å². The molecule has 0 aromatic heterocycles. The van der Waals surface area contributed by atoms with Gasteiger partial charge >= 0.3 is 5.91 Å². The summed E-state index contributed by atoms with van der Waals surface area (Å²) in [5, 5.41) is 0. The summed E-state index contributed by atoms with van der Waals surface area (Å²) in [5.74, 6) is -1.77. The largest absolute Gasteiger partial charge is 0.300 e. The Hall–Kier alpha value is -2.53. The third-order valence-electron chi connectivity index (χ3n) is 4.25. The van der Waals surface area contributed by atoms with Crippen molar-refractivity contribution < 1.29 is 14.0 Å². The molecule has 1 heterocycles. The molecular weight excluding hydrogens is 307 g/mol. The van der Waals surface area contributed by atoms with E-state index in [9.17, 15) is 14.0 Å². The van der Waals surface area contributed by atoms with Gasteiger partial charge in [-0.1, -0.05) is 23.8 Å². The average molecular weight is 326 g/mol. The zero-order valence-corrected chi connectivity index (χ0v) is 14.0. The summed E-state index contributed by atoms with van der Waals surface area (Å²) in [5.41, 5.74) is 4.17. The third-order valence-corrected chi connectivity index (χ3v) is 4.25. The number of carbonyl (C=O) groups excluding carboxylic acids is 2. The first kappa shape index (κ1) is 16.3. The lowest BCUT2D eigenvalue weighted by Crippen LogP contribution is -2.39. The summed E-state index contributed by atoms with van der Waals surface area (Å²) in [4.78, 5) is 27.6. The number of rotatable bonds is 4. The van der Waals surface area contributed by atoms with Crippen molar-refractivity contribution in [2.45, 2.75) is 20.4 Å². The highest BCUT2D eigenvalue weighted by atomic mass is 19.1. The zero-order valence-electron chi connectivity index (χ0n) is 14.0. The quantitative estimate of drug-likeness (QED) is 0.811. The van der Waals surface area contributed by atoms with Crippen molar-refractivity contribution in [2.75, 3.05) is 18.6 Å². The molecule has 0 atom stereocenters. The van der Waals surface area contributed by atoms with Gasteiger partial charge in [-0.05, 0) is 50.2 Å². The molecule has 2 aromatic carbocycles. The molecular formula is C19H19FN2O2. The lowest BCUT2D eigenvalue weighted by Gasteiger charge is -2.25. The number of carbonyl (C=O) groups is 2. The van der Waals surface area contributed by atoms with Crippen molar-refractivity contribution in [3.8, 4) is 0 Å². The lowest BCUT2D eigenvalue weighted by atomic mass is 10.1. The van der Waals surface area contributed by atoms with Gasteiger partial charge in [0, 0.05) is 6.54 Å². The van der Waals surface area contributed by atoms with E-state index >= 15 is 0 Å². The lowest BCUT2D eigenvalue weighted by molar-refractivity contribution is -0.114. The summed E-state index contributed by atoms with van der Waals surface area (Å²) in [6, 6.07) is 10.1. The molecule has 1 aliphatic rings. The molecule has 124 valence electrons. The van der Waals surface area contributed by atoms with Crippen molar-refractivity contribution in [2.24, 2.45) is 0 Å². The average Bonchev–Trinajstić information content (AvgIpc) is 2.75. The summed E-state index contributed by atoms with van der Waals surface area (Å²) in [6.07, 6.45) is 0. The van der Waals surface area contributed by atoms with Crippen LogP contribution in [0.15, 0.2) is 36.4 Å². The molecule has 0 bridgehead atoms. The van der Waals surface area contributed by atoms with E-state index in [1.54, 1.807) is 0 Å². The molecule has 0 radical (unpaired) electrons. The summed E-state index contributed by atoms with van der Waals surface area (Å²) < 4.78 is 13.3. The number of amides is 1. The second-order valence-corrected chi connectivity index (χ2v) is 6.31. The normalized spacial score (nSPS) is 13.8. The number of nitrogens with zero attached hydrogens (tertiary/aromatic N) is 2. The molecule has 0 saturated carbocycles. The highest BCUT2D eigenvalue weighted by Gasteiger charge is 2.36. The van der Waals surface area contributed by atoms with Gasteiger partial charge in [0.05, 0.1) is 17.9 Å². The van der Waals surface area contributed by atoms with Gasteiger partial charge in [0.15, 0.2) is 0 Å². The Morgan fingerprint density at radius 1 is 1.08 bits per heavy atom. The second-order valence-electron chi connectivity index (χ2n) is 6.31. The molecule has 0 saturated heterocycles. The van der Waals surface area contributed by atoms with E-state index in [2.05, 4.69) is 25.1 Å². The number of Topliss-reactive ketones (excluding diaryl/α,β-unsaturated/α-hetero) is 1. The van der Waals surface area contributed by atoms with Crippen LogP contribution >= 0.6 is 0 Å². The molecule has 4 nitrogen and oxygen atoms in total. The summed E-state index contributed by atoms with van der Waals surface area (Å²) in [6.45, 7) is 5.03. The fraction of sp³-hybridized carbons (Fsp3) is 0.263. The van der Waals surface area contributed by atoms with E-state index < -0.39 is 17.5 Å². The number of ketones is 1. The molecule has 0 spiro atoms. The van der Waals surface area contributed by atoms with Gasteiger partial charge < -0.3 is 0 Å². The number of benzene rings is 2. The number of anilines is 1. The SMILES string of the molecule is Cc1ccc(CN(C)CN2C(=O)C(=O)c3cc(F)ccc32)c(C)c1. The number of aryl methyl sites for hydroxylation is 2. The molecule has 0 N–H and O–H groups in total. The van der Waals surface area contributed by atoms with Gasteiger partial charge in [-0.25, -0.2) is 4.39 Å². The number of hydrogen-bond donors (Lipinski definition) is 0. The molecule has 2 aromatic rings. The Morgan fingerprint density at radius 2 is 1.83 bits per heavy atom. The highest BCUT2D eigenvalue weighted by Crippen LogP contribution is 2.29. The Kier molecular flexibility index (Phi) is 4.20. The van der Waals surface area contributed by atoms with Gasteiger partial charge in [-0.2, -0.15) is 0 Å². The van der Waals surface area contributed by atoms with E-state index in [1.165, 1.54) is 33.7 Å². The van der Waals surface area contributed by atoms with E-state index in [1.807, 2.05) is 18.9 Å². The standard InChI is InChI=1S/C19H19FN2O2/c1-12-4-5-14(13(2)8-12)10-21(3)11-22-17-7-6-15(20)9-16(17)18(23)19(22)24/h4-9H,10-11H2,1-3H3. The van der Waals surface area contributed by atoms with Crippen molar-refractivity contribution in [3.05, 3.63) is 64.5 Å². The van der Waals surface area contributed by atoms with Crippen LogP contribution in [0.3, 0.4) is 0 Å². The van der Waals surface area contributed by atoms with Crippen LogP contribution in [0.1, 0.15) is 27.0 Å². The van der Waals surface area contributed by atoms with Crippen molar-refractivity contribution in [1.29, 1.82) is 0 Å². The van der Waals surface area contributed by atoms with E-state index in [0.29, 0.717) is 12.2 Å². The Bertz CT molecular complexity index is 832. The van der Waals surface area contributed by atoms with Crippen LogP contribution in [0.2, 0.25) is 0 Å². The number of halogens is 1. The van der Waals surface area contributed by atoms with Crippen LogP contribution in [0.5, 0.6) is 0 Å². The minimum atomic E-state index is -0.649. The first-order valence-electron chi connectivity index (χ1n) is 7.77. The minimum absolute atomic E-state index is 0.139. The smallest absolute Gasteiger partial charge is 0.291 e. The van der Waals surface area contributed by atoms with Crippen LogP contribution in [-0.2, 0) is 11.3 Å². The van der Waals surface area contributed by atoms with Crippen LogP contribution in [0.25, 0.3) is 0 Å². The van der Waals surface area contributed by atoms with E-state index in [0.717, 1.165) is 6.07 Å². The summed E-state index contributed by atoms with van der Waals surface area (Å²) >= 11 is 0. The molecule has 3 rings (SSSR count). The van der Waals surface area contributed by atoms with Crippen LogP contribution in [0.4, 0.5) is 10.1 Å². The van der Waals surface area contributed by atoms with Gasteiger partial charge in [0.25, 0.3) is 5.78 Å². The van der Waals surface area contributed by atoms with Crippen molar-refractivity contribution in [3.63, 3.8) is 0 Å². The third kappa shape index (κ3) is 2.95. The molecule has 0 aliphatic carbocycles. The number of hydrogen-bond acceptors (Lipinski definition) is 3. The Labute approximate surface area is 140 Å². The molecule has 1 aliphatic heterocycles. The van der Waals surface area contributed by atoms with Gasteiger partial charge in [0.1, 0.15) is 5.82 Å². The monoisotopic (exact) mass is 326 g/mol. The maximum atomic E-state index is 13.3. The predicted octanol–water partition coefficient (Wildman–Crippen LogP) is 3.06. The Balaban J connectivity index is 1.79. The molecule has 5 heteroatoms. The maximum Gasteiger partial charge on any atom is 0.300 e. The number of fused-ring (bicyclic) bond motifs is 1. The first-order chi connectivity index (χ1) is 11.4. The molecule has 0 unspecified atom stereocenters. The molecule has 1 amide bonds. The van der Waals surface area contributed by atoms with Crippen LogP contribution in [-0.4, -0.2) is 30.3 Å². The van der Waals surface area contributed by atoms with Gasteiger partial charge in [0.2, 0.25) is 0 Å². The molecule has 24 heavy (non-hydrogen) atoms. The van der Waals surface area contributed by atoms with Crippen LogP contribution < -0.4 is 4.90 Å².